The molecule has 160 valence electrons. The predicted molar refractivity (Wildman–Crippen MR) is 98.1 cm³/mol. The molecule has 0 aromatic heterocycles. The Hall–Kier alpha value is -2.78. The Balaban J connectivity index is 1.83. The van der Waals surface area contributed by atoms with Crippen LogP contribution in [0.3, 0.4) is 0 Å². The van der Waals surface area contributed by atoms with E-state index in [-0.39, 0.29) is 30.6 Å². The Labute approximate surface area is 166 Å². The van der Waals surface area contributed by atoms with Crippen LogP contribution >= 0.6 is 0 Å². The summed E-state index contributed by atoms with van der Waals surface area (Å²) in [6, 6.07) is 3.70. The van der Waals surface area contributed by atoms with Crippen molar-refractivity contribution in [2.24, 2.45) is 0 Å². The highest BCUT2D eigenvalue weighted by Gasteiger charge is 2.31. The minimum absolute atomic E-state index is 0.182. The molecule has 1 aliphatic heterocycles. The summed E-state index contributed by atoms with van der Waals surface area (Å²) in [4.78, 5) is 37.6. The van der Waals surface area contributed by atoms with Crippen molar-refractivity contribution < 1.29 is 32.3 Å². The molecule has 1 saturated heterocycles. The third-order valence-corrected chi connectivity index (χ3v) is 4.11. The number of rotatable bonds is 4. The number of likely N-dealkylation sites (tertiary alicyclic amines) is 1. The first kappa shape index (κ1) is 22.5. The lowest BCUT2D eigenvalue weighted by atomic mass is 10.1. The van der Waals surface area contributed by atoms with Crippen molar-refractivity contribution in [1.29, 1.82) is 0 Å². The van der Waals surface area contributed by atoms with Crippen molar-refractivity contribution in [3.05, 3.63) is 35.4 Å². The first-order valence-electron chi connectivity index (χ1n) is 9.08. The van der Waals surface area contributed by atoms with Crippen LogP contribution in [0.25, 0.3) is 0 Å². The van der Waals surface area contributed by atoms with Crippen molar-refractivity contribution in [1.82, 2.24) is 15.5 Å². The minimum Gasteiger partial charge on any atom is -0.444 e. The lowest BCUT2D eigenvalue weighted by Gasteiger charge is -2.22. The van der Waals surface area contributed by atoms with Crippen LogP contribution in [0.2, 0.25) is 0 Å². The first-order valence-corrected chi connectivity index (χ1v) is 9.08. The van der Waals surface area contributed by atoms with Crippen LogP contribution in [-0.4, -0.2) is 54.1 Å². The van der Waals surface area contributed by atoms with E-state index in [1.165, 1.54) is 11.0 Å². The number of ether oxygens (including phenoxy) is 1. The third kappa shape index (κ3) is 6.95. The summed E-state index contributed by atoms with van der Waals surface area (Å²) in [5, 5.41) is 5.01. The number of nitrogens with zero attached hydrogens (tertiary/aromatic N) is 1. The van der Waals surface area contributed by atoms with E-state index in [1.807, 2.05) is 0 Å². The highest BCUT2D eigenvalue weighted by atomic mass is 19.4. The number of amides is 3. The fraction of sp³-hybridized carbons (Fsp3) is 0.526. The van der Waals surface area contributed by atoms with Crippen molar-refractivity contribution >= 4 is 17.9 Å². The van der Waals surface area contributed by atoms with Gasteiger partial charge in [0.15, 0.2) is 0 Å². The molecule has 0 saturated carbocycles. The molecule has 2 rings (SSSR count). The molecule has 3 amide bonds. The second kappa shape index (κ2) is 8.71. The van der Waals surface area contributed by atoms with Gasteiger partial charge in [0.2, 0.25) is 5.91 Å². The second-order valence-electron chi connectivity index (χ2n) is 7.73. The van der Waals surface area contributed by atoms with Crippen molar-refractivity contribution in [2.45, 2.75) is 45.0 Å². The molecule has 1 atom stereocenters. The molecule has 2 N–H and O–H groups in total. The molecule has 1 aliphatic rings. The molecular formula is C19H24F3N3O4. The van der Waals surface area contributed by atoms with E-state index >= 15 is 0 Å². The first-order chi connectivity index (χ1) is 13.3. The summed E-state index contributed by atoms with van der Waals surface area (Å²) in [7, 11) is 0. The average molecular weight is 415 g/mol. The zero-order chi connectivity index (χ0) is 21.8. The fourth-order valence-corrected chi connectivity index (χ4v) is 2.79. The zero-order valence-electron chi connectivity index (χ0n) is 16.4. The lowest BCUT2D eigenvalue weighted by Crippen LogP contribution is -2.43. The van der Waals surface area contributed by atoms with Crippen LogP contribution in [0.15, 0.2) is 24.3 Å². The molecule has 1 aromatic rings. The van der Waals surface area contributed by atoms with E-state index in [2.05, 4.69) is 10.6 Å². The maximum atomic E-state index is 12.7. The van der Waals surface area contributed by atoms with E-state index < -0.39 is 29.3 Å². The zero-order valence-corrected chi connectivity index (χ0v) is 16.4. The molecule has 0 radical (unpaired) electrons. The lowest BCUT2D eigenvalue weighted by molar-refractivity contribution is -0.137. The Morgan fingerprint density at radius 3 is 2.52 bits per heavy atom. The topological polar surface area (TPSA) is 87.7 Å². The van der Waals surface area contributed by atoms with Crippen LogP contribution in [0.5, 0.6) is 0 Å². The van der Waals surface area contributed by atoms with Gasteiger partial charge in [0, 0.05) is 18.7 Å². The summed E-state index contributed by atoms with van der Waals surface area (Å²) in [6.07, 6.45) is -4.60. The number of carbonyl (C=O) groups is 3. The van der Waals surface area contributed by atoms with Crippen LogP contribution in [0, 0.1) is 0 Å². The summed E-state index contributed by atoms with van der Waals surface area (Å²) in [5.74, 6) is -1.16. The summed E-state index contributed by atoms with van der Waals surface area (Å²) < 4.78 is 43.4. The van der Waals surface area contributed by atoms with Gasteiger partial charge >= 0.3 is 12.3 Å². The number of nitrogens with one attached hydrogen (secondary N) is 2. The van der Waals surface area contributed by atoms with Crippen molar-refractivity contribution in [3.63, 3.8) is 0 Å². The summed E-state index contributed by atoms with van der Waals surface area (Å²) >= 11 is 0. The predicted octanol–water partition coefficient (Wildman–Crippen LogP) is 2.56. The van der Waals surface area contributed by atoms with Gasteiger partial charge in [-0.1, -0.05) is 6.07 Å². The van der Waals surface area contributed by atoms with Gasteiger partial charge in [-0.25, -0.2) is 4.79 Å². The fourth-order valence-electron chi connectivity index (χ4n) is 2.79. The molecule has 1 fully saturated rings. The largest absolute Gasteiger partial charge is 0.444 e. The Kier molecular flexibility index (Phi) is 6.76. The maximum absolute atomic E-state index is 12.7. The number of hydrogen-bond donors (Lipinski definition) is 2. The van der Waals surface area contributed by atoms with Crippen molar-refractivity contribution in [3.8, 4) is 0 Å². The number of alkyl carbamates (subject to hydrolysis) is 1. The molecule has 10 heteroatoms. The average Bonchev–Trinajstić information content (AvgIpc) is 3.05. The van der Waals surface area contributed by atoms with E-state index in [9.17, 15) is 27.6 Å². The van der Waals surface area contributed by atoms with Gasteiger partial charge in [-0.15, -0.1) is 0 Å². The smallest absolute Gasteiger partial charge is 0.416 e. The van der Waals surface area contributed by atoms with Crippen LogP contribution in [-0.2, 0) is 15.7 Å². The molecular weight excluding hydrogens is 391 g/mol. The molecule has 1 unspecified atom stereocenters. The number of carbonyl (C=O) groups excluding carboxylic acids is 3. The third-order valence-electron chi connectivity index (χ3n) is 4.11. The minimum atomic E-state index is -4.56. The van der Waals surface area contributed by atoms with Gasteiger partial charge in [0.25, 0.3) is 5.91 Å². The van der Waals surface area contributed by atoms with Gasteiger partial charge in [0.05, 0.1) is 18.2 Å². The quantitative estimate of drug-likeness (QED) is 0.791. The normalized spacial score (nSPS) is 17.0. The monoisotopic (exact) mass is 415 g/mol. The van der Waals surface area contributed by atoms with Crippen LogP contribution in [0.1, 0.15) is 43.1 Å². The van der Waals surface area contributed by atoms with Crippen molar-refractivity contribution in [2.75, 3.05) is 19.6 Å². The highest BCUT2D eigenvalue weighted by molar-refractivity contribution is 5.96. The molecule has 0 spiro atoms. The number of alkyl halides is 3. The number of hydrogen-bond acceptors (Lipinski definition) is 4. The van der Waals surface area contributed by atoms with Gasteiger partial charge in [-0.05, 0) is 45.4 Å². The van der Waals surface area contributed by atoms with E-state index in [1.54, 1.807) is 20.8 Å². The number of benzene rings is 1. The second-order valence-corrected chi connectivity index (χ2v) is 7.73. The van der Waals surface area contributed by atoms with Gasteiger partial charge < -0.3 is 20.3 Å². The molecule has 1 aromatic carbocycles. The summed E-state index contributed by atoms with van der Waals surface area (Å²) in [6.45, 7) is 5.52. The molecule has 7 nitrogen and oxygen atoms in total. The SMILES string of the molecule is CC(C)(C)OC(=O)NC1CCN(C(=O)CNC(=O)c2cccc(C(F)(F)F)c2)C1. The standard InChI is InChI=1S/C19H24F3N3O4/c1-18(2,3)29-17(28)24-14-7-8-25(11-14)15(26)10-23-16(27)12-5-4-6-13(9-12)19(20,21)22/h4-6,9,14H,7-8,10-11H2,1-3H3,(H,23,27)(H,24,28). The van der Waals surface area contributed by atoms with Crippen LogP contribution < -0.4 is 10.6 Å². The maximum Gasteiger partial charge on any atom is 0.416 e. The van der Waals surface area contributed by atoms with E-state index in [4.69, 9.17) is 4.74 Å². The Bertz CT molecular complexity index is 775. The van der Waals surface area contributed by atoms with E-state index in [0.717, 1.165) is 18.2 Å². The van der Waals surface area contributed by atoms with E-state index in [0.29, 0.717) is 13.0 Å². The molecule has 0 bridgehead atoms. The Morgan fingerprint density at radius 2 is 1.90 bits per heavy atom. The Morgan fingerprint density at radius 1 is 1.21 bits per heavy atom. The van der Waals surface area contributed by atoms with Gasteiger partial charge in [0.1, 0.15) is 5.60 Å². The molecule has 29 heavy (non-hydrogen) atoms. The van der Waals surface area contributed by atoms with Gasteiger partial charge in [-0.3, -0.25) is 9.59 Å². The molecule has 1 heterocycles. The molecule has 0 aliphatic carbocycles. The summed E-state index contributed by atoms with van der Waals surface area (Å²) in [5.41, 5.74) is -1.75. The van der Waals surface area contributed by atoms with Crippen LogP contribution in [0.4, 0.5) is 18.0 Å². The van der Waals surface area contributed by atoms with Gasteiger partial charge in [-0.2, -0.15) is 13.2 Å². The highest BCUT2D eigenvalue weighted by Crippen LogP contribution is 2.29. The number of halogens is 3.